The SMILES string of the molecule is [B]c1ccc2c3ccc(C)c4c(C)ccc(c5ccc([B])c1c25)c43. The van der Waals surface area contributed by atoms with Crippen LogP contribution < -0.4 is 10.9 Å². The zero-order valence-corrected chi connectivity index (χ0v) is 13.8. The summed E-state index contributed by atoms with van der Waals surface area (Å²) < 4.78 is 0. The van der Waals surface area contributed by atoms with Gasteiger partial charge in [-0.2, -0.15) is 0 Å². The lowest BCUT2D eigenvalue weighted by Gasteiger charge is -2.19. The lowest BCUT2D eigenvalue weighted by molar-refractivity contribution is 1.48. The first kappa shape index (κ1) is 13.9. The Hall–Kier alpha value is -2.47. The molecule has 5 rings (SSSR count). The second kappa shape index (κ2) is 4.54. The first-order valence-corrected chi connectivity index (χ1v) is 8.22. The fourth-order valence-corrected chi connectivity index (χ4v) is 4.32. The second-order valence-electron chi connectivity index (χ2n) is 6.76. The van der Waals surface area contributed by atoms with Gasteiger partial charge in [0.15, 0.2) is 0 Å². The molecule has 0 fully saturated rings. The van der Waals surface area contributed by atoms with Crippen molar-refractivity contribution >= 4 is 69.7 Å². The van der Waals surface area contributed by atoms with Crippen LogP contribution in [-0.4, -0.2) is 15.7 Å². The van der Waals surface area contributed by atoms with Gasteiger partial charge in [-0.1, -0.05) is 59.5 Å². The van der Waals surface area contributed by atoms with E-state index in [1.807, 2.05) is 12.1 Å². The van der Waals surface area contributed by atoms with Gasteiger partial charge in [0.25, 0.3) is 0 Å². The summed E-state index contributed by atoms with van der Waals surface area (Å²) in [6.07, 6.45) is 0. The Morgan fingerprint density at radius 1 is 0.458 bits per heavy atom. The predicted octanol–water partition coefficient (Wildman–Crippen LogP) is 3.94. The molecule has 0 aliphatic carbocycles. The lowest BCUT2D eigenvalue weighted by atomic mass is 9.77. The summed E-state index contributed by atoms with van der Waals surface area (Å²) in [6, 6.07) is 17.1. The number of aryl methyl sites for hydroxylation is 2. The molecular weight excluding hydrogens is 286 g/mol. The predicted molar refractivity (Wildman–Crippen MR) is 108 cm³/mol. The monoisotopic (exact) mass is 300 g/mol. The summed E-state index contributed by atoms with van der Waals surface area (Å²) in [6.45, 7) is 4.37. The van der Waals surface area contributed by atoms with Crippen LogP contribution in [0, 0.1) is 13.8 Å². The number of hydrogen-bond donors (Lipinski definition) is 0. The highest BCUT2D eigenvalue weighted by molar-refractivity contribution is 6.51. The van der Waals surface area contributed by atoms with Crippen LogP contribution >= 0.6 is 0 Å². The Balaban J connectivity index is 2.26. The Morgan fingerprint density at radius 2 is 0.833 bits per heavy atom. The lowest BCUT2D eigenvalue weighted by Crippen LogP contribution is -2.15. The van der Waals surface area contributed by atoms with Gasteiger partial charge in [-0.05, 0) is 68.1 Å². The molecule has 2 heteroatoms. The average molecular weight is 300 g/mol. The first-order valence-electron chi connectivity index (χ1n) is 8.22. The second-order valence-corrected chi connectivity index (χ2v) is 6.76. The largest absolute Gasteiger partial charge is 0.114 e. The third-order valence-electron chi connectivity index (χ3n) is 5.38. The minimum absolute atomic E-state index is 0.743. The van der Waals surface area contributed by atoms with E-state index in [-0.39, 0.29) is 0 Å². The van der Waals surface area contributed by atoms with Crippen molar-refractivity contribution in [2.45, 2.75) is 13.8 Å². The maximum Gasteiger partial charge on any atom is 0.114 e. The van der Waals surface area contributed by atoms with Crippen LogP contribution in [0.5, 0.6) is 0 Å². The normalized spacial score (nSPS) is 12.1. The quantitative estimate of drug-likeness (QED) is 0.231. The van der Waals surface area contributed by atoms with E-state index in [0.717, 1.165) is 16.3 Å². The van der Waals surface area contributed by atoms with Crippen molar-refractivity contribution in [2.75, 3.05) is 0 Å². The molecule has 0 unspecified atom stereocenters. The molecule has 0 N–H and O–H groups in total. The van der Waals surface area contributed by atoms with Gasteiger partial charge in [0.1, 0.15) is 15.7 Å². The number of fused-ring (bicyclic) bond motifs is 2. The maximum atomic E-state index is 6.26. The fourth-order valence-electron chi connectivity index (χ4n) is 4.32. The minimum Gasteiger partial charge on any atom is -0.0895 e. The molecule has 0 nitrogen and oxygen atoms in total. The summed E-state index contributed by atoms with van der Waals surface area (Å²) in [7, 11) is 12.5. The standard InChI is InChI=1S/C22H14B2/c1-11-3-5-13-15-7-9-17(23)22-18(24)10-8-16(21(15)22)14-6-4-12(2)19(11)20(13)14/h3-10H,1-2H3. The summed E-state index contributed by atoms with van der Waals surface area (Å²) in [5, 5.41) is 9.86. The molecule has 0 heterocycles. The van der Waals surface area contributed by atoms with E-state index in [9.17, 15) is 0 Å². The number of benzene rings is 5. The van der Waals surface area contributed by atoms with Crippen LogP contribution in [0.25, 0.3) is 43.1 Å². The van der Waals surface area contributed by atoms with Crippen LogP contribution in [0.3, 0.4) is 0 Å². The molecular formula is C22H14B2. The Labute approximate surface area is 143 Å². The smallest absolute Gasteiger partial charge is 0.0895 e. The van der Waals surface area contributed by atoms with Gasteiger partial charge in [0, 0.05) is 0 Å². The molecule has 0 saturated carbocycles. The van der Waals surface area contributed by atoms with Gasteiger partial charge >= 0.3 is 0 Å². The first-order chi connectivity index (χ1) is 11.6. The van der Waals surface area contributed by atoms with Crippen LogP contribution in [-0.2, 0) is 0 Å². The Kier molecular flexibility index (Phi) is 2.63. The molecule has 0 spiro atoms. The van der Waals surface area contributed by atoms with Crippen LogP contribution in [0.1, 0.15) is 11.1 Å². The van der Waals surface area contributed by atoms with Crippen molar-refractivity contribution in [1.82, 2.24) is 0 Å². The van der Waals surface area contributed by atoms with E-state index < -0.39 is 0 Å². The van der Waals surface area contributed by atoms with Gasteiger partial charge in [-0.3, -0.25) is 0 Å². The number of rotatable bonds is 0. The highest BCUT2D eigenvalue weighted by Crippen LogP contribution is 2.40. The van der Waals surface area contributed by atoms with Gasteiger partial charge in [-0.25, -0.2) is 0 Å². The maximum absolute atomic E-state index is 6.26. The van der Waals surface area contributed by atoms with E-state index in [1.54, 1.807) is 0 Å². The van der Waals surface area contributed by atoms with E-state index in [1.165, 1.54) is 48.8 Å². The van der Waals surface area contributed by atoms with Crippen molar-refractivity contribution < 1.29 is 0 Å². The molecule has 5 aromatic rings. The van der Waals surface area contributed by atoms with Crippen LogP contribution in [0.2, 0.25) is 0 Å². The van der Waals surface area contributed by atoms with Crippen LogP contribution in [0.15, 0.2) is 48.5 Å². The van der Waals surface area contributed by atoms with Crippen molar-refractivity contribution in [1.29, 1.82) is 0 Å². The Morgan fingerprint density at radius 3 is 1.29 bits per heavy atom. The zero-order valence-electron chi connectivity index (χ0n) is 13.8. The average Bonchev–Trinajstić information content (AvgIpc) is 2.57. The fraction of sp³-hybridized carbons (Fsp3) is 0.0909. The number of hydrogen-bond acceptors (Lipinski definition) is 0. The minimum atomic E-state index is 0.743. The van der Waals surface area contributed by atoms with Crippen molar-refractivity contribution in [3.8, 4) is 0 Å². The molecule has 0 aromatic heterocycles. The third kappa shape index (κ3) is 1.56. The van der Waals surface area contributed by atoms with Gasteiger partial charge in [0.05, 0.1) is 0 Å². The van der Waals surface area contributed by atoms with E-state index in [4.69, 9.17) is 15.7 Å². The molecule has 0 aliphatic heterocycles. The van der Waals surface area contributed by atoms with Crippen molar-refractivity contribution in [3.63, 3.8) is 0 Å². The van der Waals surface area contributed by atoms with E-state index in [0.29, 0.717) is 0 Å². The molecule has 5 aromatic carbocycles. The highest BCUT2D eigenvalue weighted by atomic mass is 14.2. The van der Waals surface area contributed by atoms with Crippen molar-refractivity contribution in [3.05, 3.63) is 59.7 Å². The van der Waals surface area contributed by atoms with Gasteiger partial charge < -0.3 is 0 Å². The summed E-state index contributed by atoms with van der Waals surface area (Å²) >= 11 is 0. The molecule has 0 aliphatic rings. The molecule has 0 atom stereocenters. The molecule has 0 bridgehead atoms. The van der Waals surface area contributed by atoms with Gasteiger partial charge in [-0.15, -0.1) is 0 Å². The Bertz CT molecular complexity index is 1090. The zero-order chi connectivity index (χ0) is 16.6. The van der Waals surface area contributed by atoms with Crippen molar-refractivity contribution in [2.24, 2.45) is 0 Å². The molecule has 24 heavy (non-hydrogen) atoms. The summed E-state index contributed by atoms with van der Waals surface area (Å²) in [5.74, 6) is 0. The van der Waals surface area contributed by atoms with Crippen LogP contribution in [0.4, 0.5) is 0 Å². The molecule has 4 radical (unpaired) electrons. The molecule has 108 valence electrons. The summed E-state index contributed by atoms with van der Waals surface area (Å²) in [4.78, 5) is 0. The van der Waals surface area contributed by atoms with Gasteiger partial charge in [0.2, 0.25) is 0 Å². The molecule has 0 saturated heterocycles. The topological polar surface area (TPSA) is 0 Å². The third-order valence-corrected chi connectivity index (χ3v) is 5.38. The van der Waals surface area contributed by atoms with E-state index >= 15 is 0 Å². The summed E-state index contributed by atoms with van der Waals surface area (Å²) in [5.41, 5.74) is 4.12. The van der Waals surface area contributed by atoms with E-state index in [2.05, 4.69) is 50.2 Å². The highest BCUT2D eigenvalue weighted by Gasteiger charge is 2.16. The molecule has 0 amide bonds.